The summed E-state index contributed by atoms with van der Waals surface area (Å²) >= 11 is 0. The summed E-state index contributed by atoms with van der Waals surface area (Å²) in [4.78, 5) is 20.4. The van der Waals surface area contributed by atoms with Gasteiger partial charge in [-0.2, -0.15) is 0 Å². The number of ether oxygens (including phenoxy) is 1. The zero-order valence-corrected chi connectivity index (χ0v) is 15.2. The quantitative estimate of drug-likeness (QED) is 0.562. The molecule has 0 aromatic carbocycles. The molecule has 2 aliphatic heterocycles. The number of nitrogens with two attached hydrogens (primary N) is 1. The Morgan fingerprint density at radius 1 is 1.29 bits per heavy atom. The van der Waals surface area contributed by atoms with Crippen molar-refractivity contribution in [2.75, 3.05) is 45.9 Å². The topological polar surface area (TPSA) is 83.2 Å². The number of piperidine rings is 1. The molecule has 2 fully saturated rings. The van der Waals surface area contributed by atoms with Crippen molar-refractivity contribution in [3.05, 3.63) is 0 Å². The molecular weight excluding hydrogens is 306 g/mol. The minimum Gasteiger partial charge on any atom is -0.450 e. The van der Waals surface area contributed by atoms with Gasteiger partial charge in [-0.15, -0.1) is 0 Å². The molecule has 0 saturated carbocycles. The number of guanidine groups is 1. The van der Waals surface area contributed by atoms with Gasteiger partial charge in [0.25, 0.3) is 0 Å². The van der Waals surface area contributed by atoms with E-state index in [1.54, 1.807) is 4.90 Å². The van der Waals surface area contributed by atoms with Gasteiger partial charge in [0, 0.05) is 32.2 Å². The van der Waals surface area contributed by atoms with Crippen LogP contribution in [0.25, 0.3) is 0 Å². The van der Waals surface area contributed by atoms with Gasteiger partial charge >= 0.3 is 6.09 Å². The number of carbonyl (C=O) groups is 1. The van der Waals surface area contributed by atoms with Crippen LogP contribution >= 0.6 is 0 Å². The Bertz CT molecular complexity index is 415. The number of carbonyl (C=O) groups excluding carboxylic acids is 1. The molecule has 2 saturated heterocycles. The van der Waals surface area contributed by atoms with Crippen LogP contribution in [0.1, 0.15) is 39.5 Å². The Labute approximate surface area is 145 Å². The van der Waals surface area contributed by atoms with E-state index in [1.165, 1.54) is 25.9 Å². The van der Waals surface area contributed by atoms with Gasteiger partial charge < -0.3 is 25.6 Å². The van der Waals surface area contributed by atoms with E-state index in [0.717, 1.165) is 25.9 Å². The molecule has 0 aliphatic carbocycles. The number of hydrogen-bond acceptors (Lipinski definition) is 4. The standard InChI is InChI=1S/C17H33N5O2/c1-3-24-17(23)22-10-6-15(7-11-22)20-16(18)19-12-14(2)13-21-8-4-5-9-21/h14-15H,3-13H2,1-2H3,(H3,18,19,20). The molecule has 1 atom stereocenters. The molecule has 3 N–H and O–H groups in total. The first kappa shape index (κ1) is 18.8. The van der Waals surface area contributed by atoms with E-state index in [2.05, 4.69) is 22.1 Å². The predicted molar refractivity (Wildman–Crippen MR) is 96.1 cm³/mol. The number of hydrogen-bond donors (Lipinski definition) is 2. The largest absolute Gasteiger partial charge is 0.450 e. The van der Waals surface area contributed by atoms with E-state index in [4.69, 9.17) is 10.5 Å². The SMILES string of the molecule is CCOC(=O)N1CCC(NC(N)=NCC(C)CN2CCCC2)CC1. The second-order valence-electron chi connectivity index (χ2n) is 6.94. The summed E-state index contributed by atoms with van der Waals surface area (Å²) in [6.45, 7) is 10.2. The fourth-order valence-electron chi connectivity index (χ4n) is 3.39. The average molecular weight is 339 g/mol. The normalized spacial score (nSPS) is 21.8. The fourth-order valence-corrected chi connectivity index (χ4v) is 3.39. The van der Waals surface area contributed by atoms with E-state index in [9.17, 15) is 4.79 Å². The summed E-state index contributed by atoms with van der Waals surface area (Å²) in [6.07, 6.45) is 4.18. The molecule has 0 bridgehead atoms. The Hall–Kier alpha value is -1.50. The molecule has 2 aliphatic rings. The second kappa shape index (κ2) is 9.71. The first-order chi connectivity index (χ1) is 11.6. The third-order valence-corrected chi connectivity index (χ3v) is 4.71. The van der Waals surface area contributed by atoms with E-state index in [-0.39, 0.29) is 12.1 Å². The summed E-state index contributed by atoms with van der Waals surface area (Å²) in [6, 6.07) is 0.285. The van der Waals surface area contributed by atoms with Gasteiger partial charge in [-0.3, -0.25) is 4.99 Å². The van der Waals surface area contributed by atoms with Gasteiger partial charge in [0.1, 0.15) is 0 Å². The molecule has 0 spiro atoms. The maximum absolute atomic E-state index is 11.7. The lowest BCUT2D eigenvalue weighted by Crippen LogP contribution is -2.48. The van der Waals surface area contributed by atoms with Gasteiger partial charge in [-0.25, -0.2) is 4.79 Å². The van der Waals surface area contributed by atoms with Crippen LogP contribution in [0, 0.1) is 5.92 Å². The Morgan fingerprint density at radius 3 is 2.58 bits per heavy atom. The fraction of sp³-hybridized carbons (Fsp3) is 0.882. The number of amides is 1. The molecule has 2 rings (SSSR count). The molecule has 7 nitrogen and oxygen atoms in total. The minimum absolute atomic E-state index is 0.215. The van der Waals surface area contributed by atoms with Crippen LogP contribution in [0.3, 0.4) is 0 Å². The molecule has 2 heterocycles. The van der Waals surface area contributed by atoms with Crippen LogP contribution in [-0.4, -0.2) is 73.8 Å². The molecule has 1 amide bonds. The molecule has 0 radical (unpaired) electrons. The van der Waals surface area contributed by atoms with E-state index >= 15 is 0 Å². The molecule has 7 heteroatoms. The predicted octanol–water partition coefficient (Wildman–Crippen LogP) is 1.24. The third kappa shape index (κ3) is 6.19. The zero-order valence-electron chi connectivity index (χ0n) is 15.2. The van der Waals surface area contributed by atoms with Crippen molar-refractivity contribution in [2.24, 2.45) is 16.6 Å². The van der Waals surface area contributed by atoms with Crippen molar-refractivity contribution in [3.63, 3.8) is 0 Å². The van der Waals surface area contributed by atoms with E-state index < -0.39 is 0 Å². The number of nitrogens with zero attached hydrogens (tertiary/aromatic N) is 3. The lowest BCUT2D eigenvalue weighted by Gasteiger charge is -2.31. The van der Waals surface area contributed by atoms with E-state index in [0.29, 0.717) is 31.6 Å². The minimum atomic E-state index is -0.215. The molecule has 1 unspecified atom stereocenters. The van der Waals surface area contributed by atoms with Gasteiger partial charge in [0.15, 0.2) is 5.96 Å². The summed E-state index contributed by atoms with van der Waals surface area (Å²) in [5, 5.41) is 3.29. The number of likely N-dealkylation sites (tertiary alicyclic amines) is 2. The lowest BCUT2D eigenvalue weighted by atomic mass is 10.1. The molecule has 138 valence electrons. The highest BCUT2D eigenvalue weighted by atomic mass is 16.6. The van der Waals surface area contributed by atoms with Crippen molar-refractivity contribution in [1.82, 2.24) is 15.1 Å². The Morgan fingerprint density at radius 2 is 1.96 bits per heavy atom. The van der Waals surface area contributed by atoms with Gasteiger partial charge in [0.05, 0.1) is 6.61 Å². The molecule has 0 aromatic rings. The Balaban J connectivity index is 1.65. The Kier molecular flexibility index (Phi) is 7.62. The summed E-state index contributed by atoms with van der Waals surface area (Å²) in [7, 11) is 0. The maximum atomic E-state index is 11.7. The highest BCUT2D eigenvalue weighted by molar-refractivity contribution is 5.78. The van der Waals surface area contributed by atoms with Crippen molar-refractivity contribution < 1.29 is 9.53 Å². The lowest BCUT2D eigenvalue weighted by molar-refractivity contribution is 0.0963. The first-order valence-electron chi connectivity index (χ1n) is 9.29. The van der Waals surface area contributed by atoms with Crippen LogP contribution in [0.5, 0.6) is 0 Å². The van der Waals surface area contributed by atoms with Gasteiger partial charge in [-0.05, 0) is 51.6 Å². The van der Waals surface area contributed by atoms with Crippen LogP contribution in [0.4, 0.5) is 4.79 Å². The monoisotopic (exact) mass is 339 g/mol. The second-order valence-corrected chi connectivity index (χ2v) is 6.94. The highest BCUT2D eigenvalue weighted by Crippen LogP contribution is 2.12. The summed E-state index contributed by atoms with van der Waals surface area (Å²) < 4.78 is 5.03. The van der Waals surface area contributed by atoms with Crippen LogP contribution in [0.15, 0.2) is 4.99 Å². The molecule has 24 heavy (non-hydrogen) atoms. The maximum Gasteiger partial charge on any atom is 0.409 e. The van der Waals surface area contributed by atoms with Gasteiger partial charge in [0.2, 0.25) is 0 Å². The number of nitrogens with one attached hydrogen (secondary N) is 1. The highest BCUT2D eigenvalue weighted by Gasteiger charge is 2.23. The number of rotatable bonds is 6. The van der Waals surface area contributed by atoms with Crippen LogP contribution in [0.2, 0.25) is 0 Å². The van der Waals surface area contributed by atoms with Crippen LogP contribution < -0.4 is 11.1 Å². The van der Waals surface area contributed by atoms with Crippen molar-refractivity contribution in [1.29, 1.82) is 0 Å². The third-order valence-electron chi connectivity index (χ3n) is 4.71. The number of aliphatic imine (C=N–C) groups is 1. The first-order valence-corrected chi connectivity index (χ1v) is 9.29. The average Bonchev–Trinajstić information content (AvgIpc) is 3.07. The summed E-state index contributed by atoms with van der Waals surface area (Å²) in [5.74, 6) is 1.05. The molecule has 0 aromatic heterocycles. The van der Waals surface area contributed by atoms with Crippen molar-refractivity contribution >= 4 is 12.1 Å². The van der Waals surface area contributed by atoms with Gasteiger partial charge in [-0.1, -0.05) is 6.92 Å². The summed E-state index contributed by atoms with van der Waals surface area (Å²) in [5.41, 5.74) is 6.02. The van der Waals surface area contributed by atoms with Crippen molar-refractivity contribution in [3.8, 4) is 0 Å². The van der Waals surface area contributed by atoms with Crippen molar-refractivity contribution in [2.45, 2.75) is 45.6 Å². The smallest absolute Gasteiger partial charge is 0.409 e. The van der Waals surface area contributed by atoms with E-state index in [1.807, 2.05) is 6.92 Å². The zero-order chi connectivity index (χ0) is 17.4. The molecular formula is C17H33N5O2. The van der Waals surface area contributed by atoms with Crippen LogP contribution in [-0.2, 0) is 4.74 Å².